The van der Waals surface area contributed by atoms with E-state index < -0.39 is 0 Å². The van der Waals surface area contributed by atoms with Gasteiger partial charge in [0.15, 0.2) is 0 Å². The maximum absolute atomic E-state index is 2.40. The summed E-state index contributed by atoms with van der Waals surface area (Å²) in [6.07, 6.45) is 0. The average Bonchev–Trinajstić information content (AvgIpc) is 3.13. The minimum Gasteiger partial charge on any atom is -0.0622 e. The van der Waals surface area contributed by atoms with E-state index in [4.69, 9.17) is 0 Å². The van der Waals surface area contributed by atoms with E-state index in [9.17, 15) is 0 Å². The molecule has 0 spiro atoms. The summed E-state index contributed by atoms with van der Waals surface area (Å²) in [6.45, 7) is 0. The number of rotatable bonds is 4. The quantitative estimate of drug-likeness (QED) is 0.181. The number of hydrogen-bond donors (Lipinski definition) is 0. The van der Waals surface area contributed by atoms with Crippen LogP contribution >= 0.6 is 0 Å². The molecule has 0 aliphatic heterocycles. The Morgan fingerprint density at radius 3 is 1.30 bits per heavy atom. The molecule has 9 aromatic rings. The van der Waals surface area contributed by atoms with E-state index in [1.165, 1.54) is 87.6 Å². The largest absolute Gasteiger partial charge is 0.0622 e. The van der Waals surface area contributed by atoms with E-state index in [1.54, 1.807) is 0 Å². The molecule has 0 fully saturated rings. The molecule has 0 unspecified atom stereocenters. The summed E-state index contributed by atoms with van der Waals surface area (Å²) in [5, 5.41) is 10.1. The smallest absolute Gasteiger partial charge is 0.00199 e. The highest BCUT2D eigenvalue weighted by molar-refractivity contribution is 6.25. The van der Waals surface area contributed by atoms with Crippen LogP contribution in [0.5, 0.6) is 0 Å². The summed E-state index contributed by atoms with van der Waals surface area (Å²) in [5.41, 5.74) is 10.0. The van der Waals surface area contributed by atoms with Gasteiger partial charge in [-0.3, -0.25) is 0 Å². The second kappa shape index (κ2) is 10.9. The minimum absolute atomic E-state index is 1.22. The lowest BCUT2D eigenvalue weighted by Crippen LogP contribution is -1.94. The molecule has 0 N–H and O–H groups in total. The van der Waals surface area contributed by atoms with Crippen molar-refractivity contribution in [1.82, 2.24) is 0 Å². The predicted octanol–water partition coefficient (Wildman–Crippen LogP) is 13.0. The van der Waals surface area contributed by atoms with Crippen molar-refractivity contribution in [1.29, 1.82) is 0 Å². The van der Waals surface area contributed by atoms with Crippen LogP contribution in [-0.4, -0.2) is 0 Å². The Labute approximate surface area is 268 Å². The molecule has 0 radical (unpaired) electrons. The van der Waals surface area contributed by atoms with Gasteiger partial charge in [-0.1, -0.05) is 164 Å². The van der Waals surface area contributed by atoms with Crippen LogP contribution in [0.1, 0.15) is 0 Å². The van der Waals surface area contributed by atoms with Crippen LogP contribution in [0.4, 0.5) is 0 Å². The molecule has 0 bridgehead atoms. The van der Waals surface area contributed by atoms with Crippen LogP contribution in [0.15, 0.2) is 182 Å². The average molecular weight is 583 g/mol. The molecule has 0 aromatic heterocycles. The molecule has 46 heavy (non-hydrogen) atoms. The van der Waals surface area contributed by atoms with E-state index in [-0.39, 0.29) is 0 Å². The number of fused-ring (bicyclic) bond motifs is 4. The van der Waals surface area contributed by atoms with Gasteiger partial charge in [-0.25, -0.2) is 0 Å². The first-order chi connectivity index (χ1) is 22.8. The number of benzene rings is 9. The van der Waals surface area contributed by atoms with E-state index in [2.05, 4.69) is 182 Å². The molecule has 0 amide bonds. The SMILES string of the molecule is c1ccc(-c2ccc3cccc(-c4c5ccccc5c(-c5cc6ccccc6cc5-c5ccccc5)c5ccccc45)c3c2)cc1. The zero-order chi connectivity index (χ0) is 30.5. The fourth-order valence-electron chi connectivity index (χ4n) is 7.31. The highest BCUT2D eigenvalue weighted by Crippen LogP contribution is 2.48. The van der Waals surface area contributed by atoms with Crippen LogP contribution in [0.25, 0.3) is 87.6 Å². The Balaban J connectivity index is 1.40. The third kappa shape index (κ3) is 4.30. The highest BCUT2D eigenvalue weighted by Gasteiger charge is 2.20. The Bertz CT molecular complexity index is 2500. The molecule has 0 aliphatic carbocycles. The van der Waals surface area contributed by atoms with Gasteiger partial charge < -0.3 is 0 Å². The topological polar surface area (TPSA) is 0 Å². The maximum atomic E-state index is 2.40. The lowest BCUT2D eigenvalue weighted by Gasteiger charge is -2.21. The molecule has 0 saturated carbocycles. The first-order valence-electron chi connectivity index (χ1n) is 15.9. The third-order valence-corrected chi connectivity index (χ3v) is 9.43. The van der Waals surface area contributed by atoms with Crippen LogP contribution < -0.4 is 0 Å². The maximum Gasteiger partial charge on any atom is -0.00199 e. The van der Waals surface area contributed by atoms with Crippen molar-refractivity contribution in [3.05, 3.63) is 182 Å². The highest BCUT2D eigenvalue weighted by atomic mass is 14.2. The fourth-order valence-corrected chi connectivity index (χ4v) is 7.31. The monoisotopic (exact) mass is 582 g/mol. The lowest BCUT2D eigenvalue weighted by atomic mass is 9.82. The van der Waals surface area contributed by atoms with Gasteiger partial charge in [0.2, 0.25) is 0 Å². The molecule has 0 aliphatic rings. The first-order valence-corrected chi connectivity index (χ1v) is 15.9. The van der Waals surface area contributed by atoms with Gasteiger partial charge >= 0.3 is 0 Å². The molecule has 0 heteroatoms. The zero-order valence-electron chi connectivity index (χ0n) is 25.3. The molecule has 9 rings (SSSR count). The van der Waals surface area contributed by atoms with Crippen molar-refractivity contribution >= 4 is 43.1 Å². The number of hydrogen-bond acceptors (Lipinski definition) is 0. The van der Waals surface area contributed by atoms with E-state index >= 15 is 0 Å². The van der Waals surface area contributed by atoms with Gasteiger partial charge in [-0.2, -0.15) is 0 Å². The van der Waals surface area contributed by atoms with Gasteiger partial charge in [0, 0.05) is 0 Å². The summed E-state index contributed by atoms with van der Waals surface area (Å²) in [6, 6.07) is 66.6. The van der Waals surface area contributed by atoms with Crippen molar-refractivity contribution in [2.24, 2.45) is 0 Å². The third-order valence-electron chi connectivity index (χ3n) is 9.43. The fraction of sp³-hybridized carbons (Fsp3) is 0. The molecular weight excluding hydrogens is 553 g/mol. The summed E-state index contributed by atoms with van der Waals surface area (Å²) >= 11 is 0. The van der Waals surface area contributed by atoms with Crippen LogP contribution in [0.3, 0.4) is 0 Å². The van der Waals surface area contributed by atoms with Crippen LogP contribution in [0, 0.1) is 0 Å². The first kappa shape index (κ1) is 26.4. The lowest BCUT2D eigenvalue weighted by molar-refractivity contribution is 1.63. The minimum atomic E-state index is 1.22. The Kier molecular flexibility index (Phi) is 6.25. The normalized spacial score (nSPS) is 11.5. The Hall–Kier alpha value is -5.98. The van der Waals surface area contributed by atoms with Crippen molar-refractivity contribution in [3.63, 3.8) is 0 Å². The van der Waals surface area contributed by atoms with Gasteiger partial charge in [-0.05, 0) is 106 Å². The molecule has 0 saturated heterocycles. The van der Waals surface area contributed by atoms with Crippen molar-refractivity contribution in [2.75, 3.05) is 0 Å². The van der Waals surface area contributed by atoms with Gasteiger partial charge in [0.1, 0.15) is 0 Å². The molecule has 0 nitrogen and oxygen atoms in total. The van der Waals surface area contributed by atoms with Gasteiger partial charge in [0.05, 0.1) is 0 Å². The van der Waals surface area contributed by atoms with Gasteiger partial charge in [-0.15, -0.1) is 0 Å². The molecule has 214 valence electrons. The summed E-state index contributed by atoms with van der Waals surface area (Å²) < 4.78 is 0. The summed E-state index contributed by atoms with van der Waals surface area (Å²) in [5.74, 6) is 0. The molecule has 9 aromatic carbocycles. The van der Waals surface area contributed by atoms with Crippen LogP contribution in [0.2, 0.25) is 0 Å². The second-order valence-corrected chi connectivity index (χ2v) is 12.1. The Morgan fingerprint density at radius 2 is 0.696 bits per heavy atom. The zero-order valence-corrected chi connectivity index (χ0v) is 25.3. The van der Waals surface area contributed by atoms with Crippen molar-refractivity contribution in [2.45, 2.75) is 0 Å². The second-order valence-electron chi connectivity index (χ2n) is 12.1. The predicted molar refractivity (Wildman–Crippen MR) is 198 cm³/mol. The molecule has 0 heterocycles. The van der Waals surface area contributed by atoms with Gasteiger partial charge in [0.25, 0.3) is 0 Å². The molecule has 0 atom stereocenters. The standard InChI is InChI=1S/C46H30/c1-3-14-31(15-4-1)36-27-26-33-20-13-25-41(42(33)29-36)45-37-21-9-11-23-39(37)46(40-24-12-10-22-38(40)45)44-30-35-19-8-7-18-34(35)28-43(44)32-16-5-2-6-17-32/h1-30H. The van der Waals surface area contributed by atoms with E-state index in [0.717, 1.165) is 0 Å². The Morgan fingerprint density at radius 1 is 0.217 bits per heavy atom. The molecular formula is C46H30. The van der Waals surface area contributed by atoms with Crippen LogP contribution in [-0.2, 0) is 0 Å². The summed E-state index contributed by atoms with van der Waals surface area (Å²) in [7, 11) is 0. The van der Waals surface area contributed by atoms with Crippen molar-refractivity contribution < 1.29 is 0 Å². The summed E-state index contributed by atoms with van der Waals surface area (Å²) in [4.78, 5) is 0. The van der Waals surface area contributed by atoms with E-state index in [0.29, 0.717) is 0 Å². The van der Waals surface area contributed by atoms with Crippen molar-refractivity contribution in [3.8, 4) is 44.5 Å². The van der Waals surface area contributed by atoms with E-state index in [1.807, 2.05) is 0 Å².